The minimum atomic E-state index is -3.42. The molecule has 4 nitrogen and oxygen atoms in total. The van der Waals surface area contributed by atoms with Crippen LogP contribution in [-0.2, 0) is 10.0 Å². The van der Waals surface area contributed by atoms with Crippen molar-refractivity contribution in [2.24, 2.45) is 0 Å². The molecule has 106 valence electrons. The number of halogens is 1. The highest BCUT2D eigenvalue weighted by Crippen LogP contribution is 2.25. The highest BCUT2D eigenvalue weighted by atomic mass is 35.5. The van der Waals surface area contributed by atoms with E-state index in [1.54, 1.807) is 29.4 Å². The maximum absolute atomic E-state index is 12.6. The van der Waals surface area contributed by atoms with Gasteiger partial charge in [-0.25, -0.2) is 8.42 Å². The Labute approximate surface area is 119 Å². The molecule has 0 aromatic heterocycles. The van der Waals surface area contributed by atoms with Crippen molar-refractivity contribution in [3.63, 3.8) is 0 Å². The lowest BCUT2D eigenvalue weighted by molar-refractivity contribution is 0.292. The second-order valence-electron chi connectivity index (χ2n) is 4.90. The number of likely N-dealkylation sites (N-methyl/N-ethyl adjacent to an activating group) is 1. The quantitative estimate of drug-likeness (QED) is 0.929. The van der Waals surface area contributed by atoms with Gasteiger partial charge in [-0.05, 0) is 50.6 Å². The number of piperidine rings is 1. The fourth-order valence-corrected chi connectivity index (χ4v) is 4.39. The van der Waals surface area contributed by atoms with Crippen LogP contribution in [0.2, 0.25) is 5.02 Å². The summed E-state index contributed by atoms with van der Waals surface area (Å²) in [6.45, 7) is 2.89. The van der Waals surface area contributed by atoms with Gasteiger partial charge in [0.15, 0.2) is 0 Å². The lowest BCUT2D eigenvalue weighted by Gasteiger charge is -2.32. The molecule has 2 rings (SSSR count). The van der Waals surface area contributed by atoms with Crippen molar-refractivity contribution < 1.29 is 8.42 Å². The number of nitrogens with zero attached hydrogens (tertiary/aromatic N) is 1. The molecule has 1 N–H and O–H groups in total. The normalized spacial score (nSPS) is 21.5. The van der Waals surface area contributed by atoms with Gasteiger partial charge < -0.3 is 5.32 Å². The predicted molar refractivity (Wildman–Crippen MR) is 77.0 cm³/mol. The highest BCUT2D eigenvalue weighted by molar-refractivity contribution is 7.89. The van der Waals surface area contributed by atoms with Crippen LogP contribution in [0.1, 0.15) is 18.4 Å². The van der Waals surface area contributed by atoms with Gasteiger partial charge >= 0.3 is 0 Å². The summed E-state index contributed by atoms with van der Waals surface area (Å²) in [4.78, 5) is 0.355. The zero-order valence-corrected chi connectivity index (χ0v) is 12.8. The molecule has 0 spiro atoms. The largest absolute Gasteiger partial charge is 0.316 e. The van der Waals surface area contributed by atoms with Gasteiger partial charge in [0, 0.05) is 24.2 Å². The lowest BCUT2D eigenvalue weighted by Crippen LogP contribution is -2.46. The number of hydrogen-bond donors (Lipinski definition) is 1. The van der Waals surface area contributed by atoms with E-state index in [0.29, 0.717) is 28.6 Å². The summed E-state index contributed by atoms with van der Waals surface area (Å²) in [6, 6.07) is 5.14. The highest BCUT2D eigenvalue weighted by Gasteiger charge is 2.30. The monoisotopic (exact) mass is 302 g/mol. The van der Waals surface area contributed by atoms with Crippen molar-refractivity contribution in [3.8, 4) is 0 Å². The molecule has 1 aromatic carbocycles. The topological polar surface area (TPSA) is 49.4 Å². The molecule has 1 fully saturated rings. The van der Waals surface area contributed by atoms with Crippen molar-refractivity contribution in [1.82, 2.24) is 9.62 Å². The minimum Gasteiger partial charge on any atom is -0.316 e. The molecule has 1 aliphatic rings. The number of benzene rings is 1. The summed E-state index contributed by atoms with van der Waals surface area (Å²) in [5, 5.41) is 3.71. The van der Waals surface area contributed by atoms with Gasteiger partial charge in [-0.2, -0.15) is 4.31 Å². The first-order valence-corrected chi connectivity index (χ1v) is 8.20. The van der Waals surface area contributed by atoms with E-state index in [-0.39, 0.29) is 6.04 Å². The van der Waals surface area contributed by atoms with Crippen LogP contribution in [0, 0.1) is 6.92 Å². The number of nitrogens with one attached hydrogen (secondary N) is 1. The van der Waals surface area contributed by atoms with E-state index in [1.165, 1.54) is 0 Å². The number of hydrogen-bond acceptors (Lipinski definition) is 3. The van der Waals surface area contributed by atoms with Crippen LogP contribution in [-0.4, -0.2) is 38.9 Å². The van der Waals surface area contributed by atoms with Crippen LogP contribution in [0.25, 0.3) is 0 Å². The molecule has 1 atom stereocenters. The van der Waals surface area contributed by atoms with E-state index in [0.717, 1.165) is 12.8 Å². The van der Waals surface area contributed by atoms with Crippen molar-refractivity contribution in [1.29, 1.82) is 0 Å². The molecular formula is C13H19ClN2O2S. The molecule has 6 heteroatoms. The molecule has 0 unspecified atom stereocenters. The molecule has 0 saturated carbocycles. The van der Waals surface area contributed by atoms with Gasteiger partial charge in [-0.1, -0.05) is 11.6 Å². The fraction of sp³-hybridized carbons (Fsp3) is 0.538. The van der Waals surface area contributed by atoms with Crippen LogP contribution in [0.5, 0.6) is 0 Å². The Hall–Kier alpha value is -0.620. The van der Waals surface area contributed by atoms with Crippen LogP contribution in [0.4, 0.5) is 0 Å². The van der Waals surface area contributed by atoms with E-state index < -0.39 is 10.0 Å². The Kier molecular flexibility index (Phi) is 4.50. The second-order valence-corrected chi connectivity index (χ2v) is 7.24. The first-order valence-electron chi connectivity index (χ1n) is 6.38. The SMILES string of the molecule is CN[C@H]1CCCN(S(=O)(=O)c2ccc(Cl)cc2C)C1. The third-order valence-electron chi connectivity index (χ3n) is 3.55. The molecule has 1 saturated heterocycles. The molecule has 1 heterocycles. The van der Waals surface area contributed by atoms with Gasteiger partial charge in [-0.3, -0.25) is 0 Å². The van der Waals surface area contributed by atoms with Gasteiger partial charge in [0.05, 0.1) is 4.90 Å². The summed E-state index contributed by atoms with van der Waals surface area (Å²) in [6.07, 6.45) is 1.90. The van der Waals surface area contributed by atoms with Crippen LogP contribution in [0.3, 0.4) is 0 Å². The van der Waals surface area contributed by atoms with Crippen molar-refractivity contribution in [3.05, 3.63) is 28.8 Å². The summed E-state index contributed by atoms with van der Waals surface area (Å²) < 4.78 is 26.8. The maximum atomic E-state index is 12.6. The maximum Gasteiger partial charge on any atom is 0.243 e. The Morgan fingerprint density at radius 3 is 2.79 bits per heavy atom. The Morgan fingerprint density at radius 1 is 1.42 bits per heavy atom. The van der Waals surface area contributed by atoms with E-state index in [2.05, 4.69) is 5.32 Å². The van der Waals surface area contributed by atoms with E-state index in [4.69, 9.17) is 11.6 Å². The van der Waals surface area contributed by atoms with Gasteiger partial charge in [0.2, 0.25) is 10.0 Å². The Balaban J connectivity index is 2.31. The zero-order valence-electron chi connectivity index (χ0n) is 11.2. The Bertz CT molecular complexity index is 560. The van der Waals surface area contributed by atoms with Crippen LogP contribution < -0.4 is 5.32 Å². The van der Waals surface area contributed by atoms with Crippen molar-refractivity contribution in [2.75, 3.05) is 20.1 Å². The minimum absolute atomic E-state index is 0.233. The van der Waals surface area contributed by atoms with E-state index in [1.807, 2.05) is 7.05 Å². The van der Waals surface area contributed by atoms with Crippen LogP contribution in [0.15, 0.2) is 23.1 Å². The smallest absolute Gasteiger partial charge is 0.243 e. The fourth-order valence-electron chi connectivity index (χ4n) is 2.44. The van der Waals surface area contributed by atoms with Crippen molar-refractivity contribution in [2.45, 2.75) is 30.7 Å². The summed E-state index contributed by atoms with van der Waals surface area (Å²) >= 11 is 5.88. The van der Waals surface area contributed by atoms with E-state index in [9.17, 15) is 8.42 Å². The molecule has 1 aromatic rings. The van der Waals surface area contributed by atoms with Crippen molar-refractivity contribution >= 4 is 21.6 Å². The molecule has 19 heavy (non-hydrogen) atoms. The van der Waals surface area contributed by atoms with Gasteiger partial charge in [0.1, 0.15) is 0 Å². The third-order valence-corrected chi connectivity index (χ3v) is 5.81. The molecule has 0 bridgehead atoms. The first kappa shape index (κ1) is 14.8. The Morgan fingerprint density at radius 2 is 2.16 bits per heavy atom. The summed E-state index contributed by atoms with van der Waals surface area (Å²) in [7, 11) is -1.55. The van der Waals surface area contributed by atoms with Crippen LogP contribution >= 0.6 is 11.6 Å². The summed E-state index contributed by atoms with van der Waals surface area (Å²) in [5.74, 6) is 0. The summed E-state index contributed by atoms with van der Waals surface area (Å²) in [5.41, 5.74) is 0.694. The second kappa shape index (κ2) is 5.79. The predicted octanol–water partition coefficient (Wildman–Crippen LogP) is 2.02. The molecule has 0 aliphatic carbocycles. The zero-order chi connectivity index (χ0) is 14.0. The lowest BCUT2D eigenvalue weighted by atomic mass is 10.1. The average molecular weight is 303 g/mol. The standard InChI is InChI=1S/C13H19ClN2O2S/c1-10-8-11(14)5-6-13(10)19(17,18)16-7-3-4-12(9-16)15-2/h5-6,8,12,15H,3-4,7,9H2,1-2H3/t12-/m0/s1. The molecule has 0 radical (unpaired) electrons. The molecule has 0 amide bonds. The first-order chi connectivity index (χ1) is 8.95. The molecular weight excluding hydrogens is 284 g/mol. The average Bonchev–Trinajstić information content (AvgIpc) is 2.38. The number of aryl methyl sites for hydroxylation is 1. The van der Waals surface area contributed by atoms with Gasteiger partial charge in [-0.15, -0.1) is 0 Å². The van der Waals surface area contributed by atoms with Gasteiger partial charge in [0.25, 0.3) is 0 Å². The third kappa shape index (κ3) is 3.11. The van der Waals surface area contributed by atoms with E-state index >= 15 is 0 Å². The number of sulfonamides is 1. The number of rotatable bonds is 3. The molecule has 1 aliphatic heterocycles.